The molecule has 0 aliphatic heterocycles. The Morgan fingerprint density at radius 1 is 0.245 bits per heavy atom. The predicted molar refractivity (Wildman–Crippen MR) is 214 cm³/mol. The number of nitrogens with zero attached hydrogens (tertiary/aromatic N) is 6. The maximum Gasteiger partial charge on any atom is 0.163 e. The number of fused-ring (bicyclic) bond motifs is 4. The summed E-state index contributed by atoms with van der Waals surface area (Å²) in [5.41, 5.74) is 3.66. The van der Waals surface area contributed by atoms with Crippen LogP contribution in [0.15, 0.2) is 170 Å². The average Bonchev–Trinajstić information content (AvgIpc) is 3.22. The summed E-state index contributed by atoms with van der Waals surface area (Å²) in [6.07, 6.45) is 0.285. The van der Waals surface area contributed by atoms with E-state index in [-0.39, 0.29) is 6.42 Å². The Kier molecular flexibility index (Phi) is 7.43. The number of benzene rings is 8. The van der Waals surface area contributed by atoms with Crippen LogP contribution >= 0.6 is 0 Å². The van der Waals surface area contributed by atoms with Crippen LogP contribution in [0.1, 0.15) is 11.6 Å². The topological polar surface area (TPSA) is 77.3 Å². The molecule has 0 unspecified atom stereocenters. The van der Waals surface area contributed by atoms with Crippen LogP contribution in [0.4, 0.5) is 0 Å². The van der Waals surface area contributed by atoms with Gasteiger partial charge in [0.1, 0.15) is 11.6 Å². The standard InChI is InChI=1S/C47H30N6/c1-5-13-34-25-38(21-17-30(34)9-1)44-48-42(49-45(52-44)39-22-18-31-10-2-6-14-35(31)26-39)29-43-50-46(40-23-19-32-11-3-7-15-36(32)27-40)53-47(51-43)41-24-20-33-12-4-8-16-37(33)28-41/h1-28H,29H2. The van der Waals surface area contributed by atoms with Gasteiger partial charge in [-0.1, -0.05) is 146 Å². The maximum absolute atomic E-state index is 5.06. The molecule has 248 valence electrons. The molecule has 2 heterocycles. The number of rotatable bonds is 6. The fraction of sp³-hybridized carbons (Fsp3) is 0.0213. The van der Waals surface area contributed by atoms with Gasteiger partial charge in [0, 0.05) is 22.3 Å². The van der Waals surface area contributed by atoms with E-state index in [1.165, 1.54) is 0 Å². The van der Waals surface area contributed by atoms with Crippen LogP contribution in [0.25, 0.3) is 88.6 Å². The summed E-state index contributed by atoms with van der Waals surface area (Å²) in [6, 6.07) is 58.6. The van der Waals surface area contributed by atoms with Gasteiger partial charge in [0.25, 0.3) is 0 Å². The molecule has 0 spiro atoms. The molecule has 0 bridgehead atoms. The molecule has 0 amide bonds. The molecule has 0 saturated carbocycles. The van der Waals surface area contributed by atoms with E-state index in [9.17, 15) is 0 Å². The Morgan fingerprint density at radius 2 is 0.491 bits per heavy atom. The van der Waals surface area contributed by atoms with E-state index in [0.717, 1.165) is 65.3 Å². The van der Waals surface area contributed by atoms with Crippen LogP contribution in [0.3, 0.4) is 0 Å². The lowest BCUT2D eigenvalue weighted by atomic mass is 10.1. The first kappa shape index (κ1) is 30.6. The van der Waals surface area contributed by atoms with Gasteiger partial charge in [0.05, 0.1) is 6.42 Å². The van der Waals surface area contributed by atoms with Crippen molar-refractivity contribution < 1.29 is 0 Å². The second kappa shape index (κ2) is 12.9. The van der Waals surface area contributed by atoms with Crippen molar-refractivity contribution in [3.63, 3.8) is 0 Å². The van der Waals surface area contributed by atoms with Gasteiger partial charge in [0.15, 0.2) is 23.3 Å². The van der Waals surface area contributed by atoms with Crippen molar-refractivity contribution in [2.24, 2.45) is 0 Å². The van der Waals surface area contributed by atoms with E-state index in [0.29, 0.717) is 34.9 Å². The van der Waals surface area contributed by atoms with Crippen LogP contribution in [0.2, 0.25) is 0 Å². The molecule has 0 N–H and O–H groups in total. The van der Waals surface area contributed by atoms with Crippen molar-refractivity contribution >= 4 is 43.1 Å². The smallest absolute Gasteiger partial charge is 0.163 e. The SMILES string of the molecule is c1ccc2cc(-c3nc(Cc4nc(-c5ccc6ccccc6c5)nc(-c5ccc6ccccc6c5)n4)nc(-c4ccc5ccccc5c4)n3)ccc2c1. The van der Waals surface area contributed by atoms with Gasteiger partial charge in [-0.2, -0.15) is 0 Å². The van der Waals surface area contributed by atoms with Gasteiger partial charge in [-0.25, -0.2) is 29.9 Å². The first-order valence-electron chi connectivity index (χ1n) is 17.7. The normalized spacial score (nSPS) is 11.5. The summed E-state index contributed by atoms with van der Waals surface area (Å²) < 4.78 is 0. The monoisotopic (exact) mass is 678 g/mol. The van der Waals surface area contributed by atoms with Crippen molar-refractivity contribution in [3.8, 4) is 45.6 Å². The summed E-state index contributed by atoms with van der Waals surface area (Å²) in [4.78, 5) is 30.3. The second-order valence-electron chi connectivity index (χ2n) is 13.2. The first-order valence-corrected chi connectivity index (χ1v) is 17.7. The third-order valence-corrected chi connectivity index (χ3v) is 9.71. The Bertz CT molecular complexity index is 2610. The van der Waals surface area contributed by atoms with E-state index < -0.39 is 0 Å². The van der Waals surface area contributed by atoms with Crippen LogP contribution in [-0.4, -0.2) is 29.9 Å². The van der Waals surface area contributed by atoms with Crippen LogP contribution in [0, 0.1) is 0 Å². The molecule has 0 aliphatic rings. The number of aromatic nitrogens is 6. The third-order valence-electron chi connectivity index (χ3n) is 9.71. The van der Waals surface area contributed by atoms with E-state index in [1.54, 1.807) is 0 Å². The molecule has 10 rings (SSSR count). The van der Waals surface area contributed by atoms with Gasteiger partial charge in [0.2, 0.25) is 0 Å². The molecule has 8 aromatic carbocycles. The van der Waals surface area contributed by atoms with Crippen molar-refractivity contribution in [1.82, 2.24) is 29.9 Å². The van der Waals surface area contributed by atoms with E-state index >= 15 is 0 Å². The molecule has 10 aromatic rings. The molecule has 0 saturated heterocycles. The zero-order valence-corrected chi connectivity index (χ0v) is 28.6. The van der Waals surface area contributed by atoms with Crippen LogP contribution in [-0.2, 0) is 6.42 Å². The van der Waals surface area contributed by atoms with Gasteiger partial charge in [-0.15, -0.1) is 0 Å². The summed E-state index contributed by atoms with van der Waals surface area (Å²) >= 11 is 0. The Balaban J connectivity index is 1.13. The Morgan fingerprint density at radius 3 is 0.755 bits per heavy atom. The molecule has 2 aromatic heterocycles. The molecular formula is C47H30N6. The van der Waals surface area contributed by atoms with Crippen molar-refractivity contribution in [2.45, 2.75) is 6.42 Å². The summed E-state index contributed by atoms with van der Waals surface area (Å²) in [5, 5.41) is 9.13. The van der Waals surface area contributed by atoms with Gasteiger partial charge in [-0.05, 0) is 67.4 Å². The lowest BCUT2D eigenvalue weighted by Crippen LogP contribution is -2.08. The highest BCUT2D eigenvalue weighted by atomic mass is 15.1. The lowest BCUT2D eigenvalue weighted by Gasteiger charge is -2.11. The summed E-state index contributed by atoms with van der Waals surface area (Å²) in [5.74, 6) is 3.55. The zero-order valence-electron chi connectivity index (χ0n) is 28.6. The number of hydrogen-bond acceptors (Lipinski definition) is 6. The highest BCUT2D eigenvalue weighted by Gasteiger charge is 2.17. The highest BCUT2D eigenvalue weighted by Crippen LogP contribution is 2.29. The molecular weight excluding hydrogens is 649 g/mol. The van der Waals surface area contributed by atoms with Gasteiger partial charge in [-0.3, -0.25) is 0 Å². The second-order valence-corrected chi connectivity index (χ2v) is 13.2. The van der Waals surface area contributed by atoms with Crippen molar-refractivity contribution in [2.75, 3.05) is 0 Å². The molecule has 0 atom stereocenters. The minimum absolute atomic E-state index is 0.285. The zero-order chi connectivity index (χ0) is 35.1. The molecule has 6 nitrogen and oxygen atoms in total. The minimum atomic E-state index is 0.285. The van der Waals surface area contributed by atoms with Crippen molar-refractivity contribution in [1.29, 1.82) is 0 Å². The quantitative estimate of drug-likeness (QED) is 0.174. The van der Waals surface area contributed by atoms with Crippen LogP contribution < -0.4 is 0 Å². The molecule has 0 aliphatic carbocycles. The van der Waals surface area contributed by atoms with Gasteiger partial charge < -0.3 is 0 Å². The Hall–Kier alpha value is -7.18. The minimum Gasteiger partial charge on any atom is -0.213 e. The average molecular weight is 679 g/mol. The predicted octanol–water partition coefficient (Wildman–Crippen LogP) is 10.9. The lowest BCUT2D eigenvalue weighted by molar-refractivity contribution is 0.861. The molecule has 0 fully saturated rings. The fourth-order valence-electron chi connectivity index (χ4n) is 6.97. The molecule has 53 heavy (non-hydrogen) atoms. The largest absolute Gasteiger partial charge is 0.213 e. The fourth-order valence-corrected chi connectivity index (χ4v) is 6.97. The van der Waals surface area contributed by atoms with Crippen molar-refractivity contribution in [3.05, 3.63) is 182 Å². The highest BCUT2D eigenvalue weighted by molar-refractivity contribution is 5.89. The summed E-state index contributed by atoms with van der Waals surface area (Å²) in [7, 11) is 0. The van der Waals surface area contributed by atoms with E-state index in [1.807, 2.05) is 48.5 Å². The third kappa shape index (κ3) is 6.02. The molecule has 6 heteroatoms. The van der Waals surface area contributed by atoms with Gasteiger partial charge >= 0.3 is 0 Å². The van der Waals surface area contributed by atoms with E-state index in [2.05, 4.69) is 121 Å². The Labute approximate surface area is 305 Å². The molecule has 0 radical (unpaired) electrons. The maximum atomic E-state index is 5.06. The summed E-state index contributed by atoms with van der Waals surface area (Å²) in [6.45, 7) is 0. The van der Waals surface area contributed by atoms with E-state index in [4.69, 9.17) is 29.9 Å². The first-order chi connectivity index (χ1) is 26.2. The number of hydrogen-bond donors (Lipinski definition) is 0. The van der Waals surface area contributed by atoms with Crippen LogP contribution in [0.5, 0.6) is 0 Å².